The van der Waals surface area contributed by atoms with Crippen LogP contribution in [-0.2, 0) is 24.4 Å². The summed E-state index contributed by atoms with van der Waals surface area (Å²) >= 11 is 0. The Morgan fingerprint density at radius 3 is 2.65 bits per heavy atom. The van der Waals surface area contributed by atoms with Gasteiger partial charge in [0.15, 0.2) is 11.3 Å². The van der Waals surface area contributed by atoms with Gasteiger partial charge in [-0.3, -0.25) is 9.88 Å². The van der Waals surface area contributed by atoms with Gasteiger partial charge in [0.2, 0.25) is 5.88 Å². The maximum Gasteiger partial charge on any atom is 0.354 e. The third kappa shape index (κ3) is 5.56. The number of aromatic carboxylic acids is 1. The van der Waals surface area contributed by atoms with Gasteiger partial charge in [0.1, 0.15) is 29.8 Å². The van der Waals surface area contributed by atoms with Crippen molar-refractivity contribution in [2.75, 3.05) is 37.7 Å². The molecular formula is C28H28N8O4. The first-order valence-corrected chi connectivity index (χ1v) is 13.2. The van der Waals surface area contributed by atoms with E-state index in [9.17, 15) is 9.90 Å². The highest BCUT2D eigenvalue weighted by Crippen LogP contribution is 2.23. The maximum atomic E-state index is 11.5. The Bertz CT molecular complexity index is 1550. The lowest BCUT2D eigenvalue weighted by Gasteiger charge is -2.35. The van der Waals surface area contributed by atoms with Crippen LogP contribution in [0.1, 0.15) is 34.0 Å². The van der Waals surface area contributed by atoms with Crippen LogP contribution in [0, 0.1) is 11.3 Å². The summed E-state index contributed by atoms with van der Waals surface area (Å²) < 4.78 is 13.5. The normalized spacial score (nSPS) is 17.4. The van der Waals surface area contributed by atoms with Gasteiger partial charge in [-0.05, 0) is 36.8 Å². The molecule has 2 fully saturated rings. The highest BCUT2D eigenvalue weighted by Gasteiger charge is 2.25. The van der Waals surface area contributed by atoms with E-state index in [0.717, 1.165) is 56.5 Å². The molecule has 0 spiro atoms. The monoisotopic (exact) mass is 540 g/mol. The summed E-state index contributed by atoms with van der Waals surface area (Å²) in [6.45, 7) is 5.48. The van der Waals surface area contributed by atoms with Crippen LogP contribution in [0.3, 0.4) is 0 Å². The molecule has 2 aliphatic heterocycles. The first kappa shape index (κ1) is 25.7. The van der Waals surface area contributed by atoms with Gasteiger partial charge in [0.25, 0.3) is 0 Å². The molecule has 0 radical (unpaired) electrons. The predicted octanol–water partition coefficient (Wildman–Crippen LogP) is 2.48. The number of hydrogen-bond acceptors (Lipinski definition) is 10. The highest BCUT2D eigenvalue weighted by molar-refractivity contribution is 5.88. The van der Waals surface area contributed by atoms with Crippen molar-refractivity contribution in [3.05, 3.63) is 71.4 Å². The number of ether oxygens (including phenoxy) is 2. The molecule has 1 N–H and O–H groups in total. The zero-order valence-corrected chi connectivity index (χ0v) is 21.8. The van der Waals surface area contributed by atoms with Crippen LogP contribution in [-0.4, -0.2) is 79.4 Å². The number of aromatic nitrogens is 5. The van der Waals surface area contributed by atoms with Gasteiger partial charge in [0.05, 0.1) is 30.5 Å². The van der Waals surface area contributed by atoms with Crippen LogP contribution in [0.4, 0.5) is 5.82 Å². The van der Waals surface area contributed by atoms with Crippen molar-refractivity contribution in [1.82, 2.24) is 29.4 Å². The third-order valence-corrected chi connectivity index (χ3v) is 7.16. The standard InChI is InChI=1S/C28H28N8O4/c29-14-19-4-5-20(30-15-19)18-40-26-3-1-2-24(33-26)35-11-9-34(10-12-35)17-25-31-22-6-7-23(28(37)38)32-27(22)36(25)16-21-8-13-39-21/h1-7,15,21H,8-13,16-18H2,(H,37,38). The largest absolute Gasteiger partial charge is 0.477 e. The number of rotatable bonds is 9. The molecule has 2 aliphatic rings. The topological polar surface area (TPSA) is 143 Å². The lowest BCUT2D eigenvalue weighted by molar-refractivity contribution is -0.0592. The van der Waals surface area contributed by atoms with Gasteiger partial charge in [0, 0.05) is 45.0 Å². The SMILES string of the molecule is N#Cc1ccc(COc2cccc(N3CCN(Cc4nc5ccc(C(=O)O)nc5n4CC4CCO4)CC3)n2)nc1. The average Bonchev–Trinajstić information content (AvgIpc) is 3.30. The van der Waals surface area contributed by atoms with E-state index in [-0.39, 0.29) is 18.4 Å². The number of piperazine rings is 1. The van der Waals surface area contributed by atoms with Gasteiger partial charge in [-0.2, -0.15) is 10.2 Å². The number of carboxylic acid groups (broad SMARTS) is 1. The number of nitriles is 1. The van der Waals surface area contributed by atoms with E-state index < -0.39 is 5.97 Å². The fourth-order valence-electron chi connectivity index (χ4n) is 4.83. The molecule has 0 bridgehead atoms. The van der Waals surface area contributed by atoms with Crippen LogP contribution in [0.15, 0.2) is 48.7 Å². The van der Waals surface area contributed by atoms with E-state index >= 15 is 0 Å². The first-order chi connectivity index (χ1) is 19.6. The molecule has 40 heavy (non-hydrogen) atoms. The number of pyridine rings is 3. The van der Waals surface area contributed by atoms with Gasteiger partial charge < -0.3 is 24.0 Å². The number of carboxylic acids is 1. The van der Waals surface area contributed by atoms with Crippen LogP contribution >= 0.6 is 0 Å². The predicted molar refractivity (Wildman–Crippen MR) is 144 cm³/mol. The Labute approximate surface area is 230 Å². The Balaban J connectivity index is 1.10. The van der Waals surface area contributed by atoms with E-state index in [1.54, 1.807) is 18.2 Å². The first-order valence-electron chi connectivity index (χ1n) is 13.2. The fourth-order valence-corrected chi connectivity index (χ4v) is 4.83. The lowest BCUT2D eigenvalue weighted by atomic mass is 10.2. The van der Waals surface area contributed by atoms with E-state index in [0.29, 0.717) is 35.7 Å². The molecule has 6 heterocycles. The molecule has 204 valence electrons. The quantitative estimate of drug-likeness (QED) is 0.334. The Kier molecular flexibility index (Phi) is 7.22. The molecule has 12 nitrogen and oxygen atoms in total. The van der Waals surface area contributed by atoms with E-state index in [1.165, 1.54) is 12.3 Å². The maximum absolute atomic E-state index is 11.5. The molecule has 12 heteroatoms. The van der Waals surface area contributed by atoms with Crippen LogP contribution < -0.4 is 9.64 Å². The summed E-state index contributed by atoms with van der Waals surface area (Å²) in [6.07, 6.45) is 2.59. The van der Waals surface area contributed by atoms with Gasteiger partial charge in [-0.1, -0.05) is 6.07 Å². The summed E-state index contributed by atoms with van der Waals surface area (Å²) in [5.41, 5.74) is 2.52. The van der Waals surface area contributed by atoms with Crippen molar-refractivity contribution in [1.29, 1.82) is 5.26 Å². The Morgan fingerprint density at radius 1 is 1.10 bits per heavy atom. The minimum absolute atomic E-state index is 0.00946. The molecular weight excluding hydrogens is 512 g/mol. The van der Waals surface area contributed by atoms with Gasteiger partial charge in [-0.15, -0.1) is 0 Å². The van der Waals surface area contributed by atoms with Crippen molar-refractivity contribution in [2.24, 2.45) is 0 Å². The molecule has 0 aromatic carbocycles. The Hall–Kier alpha value is -4.60. The van der Waals surface area contributed by atoms with E-state index in [2.05, 4.69) is 30.8 Å². The minimum Gasteiger partial charge on any atom is -0.477 e. The number of carbonyl (C=O) groups is 1. The summed E-state index contributed by atoms with van der Waals surface area (Å²) in [5.74, 6) is 1.18. The van der Waals surface area contributed by atoms with Crippen LogP contribution in [0.25, 0.3) is 11.2 Å². The number of anilines is 1. The minimum atomic E-state index is -1.05. The third-order valence-electron chi connectivity index (χ3n) is 7.16. The zero-order valence-electron chi connectivity index (χ0n) is 21.8. The number of nitrogens with zero attached hydrogens (tertiary/aromatic N) is 8. The van der Waals surface area contributed by atoms with Gasteiger partial charge in [-0.25, -0.2) is 14.8 Å². The van der Waals surface area contributed by atoms with Crippen molar-refractivity contribution in [3.8, 4) is 11.9 Å². The summed E-state index contributed by atoms with van der Waals surface area (Å²) in [5, 5.41) is 18.3. The fraction of sp³-hybridized carbons (Fsp3) is 0.357. The zero-order chi connectivity index (χ0) is 27.5. The summed E-state index contributed by atoms with van der Waals surface area (Å²) in [4.78, 5) is 34.2. The van der Waals surface area contributed by atoms with Crippen molar-refractivity contribution in [2.45, 2.75) is 32.2 Å². The average molecular weight is 541 g/mol. The molecule has 0 saturated carbocycles. The molecule has 0 amide bonds. The molecule has 4 aromatic heterocycles. The summed E-state index contributed by atoms with van der Waals surface area (Å²) in [6, 6.07) is 14.5. The second kappa shape index (κ2) is 11.3. The van der Waals surface area contributed by atoms with E-state index in [1.807, 2.05) is 22.8 Å². The highest BCUT2D eigenvalue weighted by atomic mass is 16.5. The van der Waals surface area contributed by atoms with Crippen LogP contribution in [0.2, 0.25) is 0 Å². The van der Waals surface area contributed by atoms with Crippen molar-refractivity contribution >= 4 is 23.0 Å². The van der Waals surface area contributed by atoms with Crippen molar-refractivity contribution < 1.29 is 19.4 Å². The molecule has 4 aromatic rings. The Morgan fingerprint density at radius 2 is 1.95 bits per heavy atom. The molecule has 2 saturated heterocycles. The molecule has 6 rings (SSSR count). The van der Waals surface area contributed by atoms with Gasteiger partial charge >= 0.3 is 5.97 Å². The van der Waals surface area contributed by atoms with Crippen molar-refractivity contribution in [3.63, 3.8) is 0 Å². The number of hydrogen-bond donors (Lipinski definition) is 1. The second-order valence-corrected chi connectivity index (χ2v) is 9.80. The smallest absolute Gasteiger partial charge is 0.354 e. The summed E-state index contributed by atoms with van der Waals surface area (Å²) in [7, 11) is 0. The second-order valence-electron chi connectivity index (χ2n) is 9.80. The number of fused-ring (bicyclic) bond motifs is 1. The van der Waals surface area contributed by atoms with E-state index in [4.69, 9.17) is 19.7 Å². The molecule has 0 aliphatic carbocycles. The number of imidazole rings is 1. The molecule has 1 unspecified atom stereocenters. The molecule has 1 atom stereocenters. The lowest BCUT2D eigenvalue weighted by Crippen LogP contribution is -2.46. The van der Waals surface area contributed by atoms with Crippen LogP contribution in [0.5, 0.6) is 5.88 Å².